The zero-order valence-corrected chi connectivity index (χ0v) is 39.1. The van der Waals surface area contributed by atoms with Crippen molar-refractivity contribution in [1.29, 1.82) is 0 Å². The van der Waals surface area contributed by atoms with E-state index in [9.17, 15) is 4.79 Å². The highest BCUT2D eigenvalue weighted by Crippen LogP contribution is 2.78. The summed E-state index contributed by atoms with van der Waals surface area (Å²) in [5.74, 6) is 3.03. The van der Waals surface area contributed by atoms with Gasteiger partial charge in [-0.3, -0.25) is 0 Å². The molecule has 2 aliphatic heterocycles. The number of rotatable bonds is 21. The molecule has 4 heteroatoms. The molecule has 324 valence electrons. The topological polar surface area (TPSA) is 35.5 Å². The van der Waals surface area contributed by atoms with E-state index in [1.165, 1.54) is 161 Å². The molecule has 2 heterocycles. The average Bonchev–Trinajstić information content (AvgIpc) is 3.12. The molecule has 0 amide bonds. The summed E-state index contributed by atoms with van der Waals surface area (Å²) in [5, 5.41) is 0. The molecule has 6 rings (SSSR count). The van der Waals surface area contributed by atoms with E-state index in [1.807, 2.05) is 0 Å². The molecule has 0 aromatic rings. The van der Waals surface area contributed by atoms with Crippen LogP contribution in [0.15, 0.2) is 0 Å². The van der Waals surface area contributed by atoms with E-state index >= 15 is 0 Å². The summed E-state index contributed by atoms with van der Waals surface area (Å²) >= 11 is 0. The lowest BCUT2D eigenvalue weighted by molar-refractivity contribution is -0.903. The molecule has 0 N–H and O–H groups in total. The molecule has 0 aromatic heterocycles. The number of carbonyl (C=O) groups excluding carboxylic acids is 1. The normalized spacial score (nSPS) is 39.4. The van der Waals surface area contributed by atoms with Gasteiger partial charge in [-0.1, -0.05) is 139 Å². The highest BCUT2D eigenvalue weighted by atomic mass is 16.5. The lowest BCUT2D eigenvalue weighted by Gasteiger charge is -2.77. The van der Waals surface area contributed by atoms with Gasteiger partial charge in [0.1, 0.15) is 6.10 Å². The second-order valence-corrected chi connectivity index (χ2v) is 23.8. The Morgan fingerprint density at radius 3 is 1.73 bits per heavy atom. The van der Waals surface area contributed by atoms with Crippen molar-refractivity contribution in [3.63, 3.8) is 0 Å². The Balaban J connectivity index is 1.07. The maximum Gasteiger partial charge on any atom is 0.362 e. The molecule has 56 heavy (non-hydrogen) atoms. The van der Waals surface area contributed by atoms with Crippen LogP contribution in [0.3, 0.4) is 0 Å². The van der Waals surface area contributed by atoms with Gasteiger partial charge in [0, 0.05) is 11.3 Å². The molecule has 4 nitrogen and oxygen atoms in total. The second kappa shape index (κ2) is 17.8. The molecule has 10 atom stereocenters. The van der Waals surface area contributed by atoms with E-state index in [1.54, 1.807) is 0 Å². The van der Waals surface area contributed by atoms with Crippen molar-refractivity contribution in [2.75, 3.05) is 26.7 Å². The maximum atomic E-state index is 14.1. The number of fused-ring (bicyclic) bond motifs is 8. The average molecular weight is 781 g/mol. The first-order valence-corrected chi connectivity index (χ1v) is 25.2. The van der Waals surface area contributed by atoms with Gasteiger partial charge in [0.05, 0.1) is 31.8 Å². The smallest absolute Gasteiger partial charge is 0.362 e. The zero-order chi connectivity index (χ0) is 40.5. The number of quaternary nitrogens is 1. The molecular weight excluding hydrogens is 687 g/mol. The van der Waals surface area contributed by atoms with Crippen LogP contribution in [0.2, 0.25) is 0 Å². The zero-order valence-electron chi connectivity index (χ0n) is 39.1. The monoisotopic (exact) mass is 781 g/mol. The summed E-state index contributed by atoms with van der Waals surface area (Å²) < 4.78 is 14.5. The van der Waals surface area contributed by atoms with Gasteiger partial charge in [0.2, 0.25) is 0 Å². The van der Waals surface area contributed by atoms with Crippen LogP contribution in [-0.4, -0.2) is 54.9 Å². The highest BCUT2D eigenvalue weighted by Gasteiger charge is 2.75. The quantitative estimate of drug-likeness (QED) is 0.0661. The van der Waals surface area contributed by atoms with E-state index in [0.29, 0.717) is 40.2 Å². The van der Waals surface area contributed by atoms with Gasteiger partial charge in [-0.2, -0.15) is 0 Å². The van der Waals surface area contributed by atoms with Crippen LogP contribution in [0.5, 0.6) is 0 Å². The van der Waals surface area contributed by atoms with Crippen molar-refractivity contribution in [2.45, 2.75) is 247 Å². The summed E-state index contributed by atoms with van der Waals surface area (Å²) in [4.78, 5) is 14.1. The van der Waals surface area contributed by atoms with E-state index in [2.05, 4.69) is 69.4 Å². The minimum absolute atomic E-state index is 0.000181. The fourth-order valence-corrected chi connectivity index (χ4v) is 15.8. The lowest BCUT2D eigenvalue weighted by Crippen LogP contribution is -2.77. The van der Waals surface area contributed by atoms with Gasteiger partial charge in [-0.25, -0.2) is 4.79 Å². The molecule has 0 radical (unpaired) electrons. The standard InChI is InChI=1S/C52H94NO3/c1-11-13-15-17-19-21-23-25-37-53(10,38-26-24-22-20-18-16-14-12-2)39-44(54)55-43-30-31-49(7)41(48(43,5)6)29-32-51(9)42(49)28-27-40-45-46-47(3,4)33-35-52(45,56-46)36-34-50(40,51)8/h40-43,45-46H,11-39H2,1-10H3/q+1/t40-,41?,42?,43+,45?,46-,49+,50-,51-,52+/m1/s1. The predicted octanol–water partition coefficient (Wildman–Crippen LogP) is 14.3. The first-order chi connectivity index (χ1) is 26.5. The number of likely N-dealkylation sites (N-methyl/N-ethyl adjacent to an activating group) is 1. The summed E-state index contributed by atoms with van der Waals surface area (Å²) in [7, 11) is 2.38. The first kappa shape index (κ1) is 44.9. The van der Waals surface area contributed by atoms with Crippen molar-refractivity contribution in [2.24, 2.45) is 50.7 Å². The van der Waals surface area contributed by atoms with E-state index in [0.717, 1.165) is 41.7 Å². The third kappa shape index (κ3) is 8.49. The van der Waals surface area contributed by atoms with Crippen molar-refractivity contribution in [3.05, 3.63) is 0 Å². The van der Waals surface area contributed by atoms with Crippen molar-refractivity contribution in [1.82, 2.24) is 0 Å². The van der Waals surface area contributed by atoms with Crippen LogP contribution in [0.4, 0.5) is 0 Å². The number of hydrogen-bond donors (Lipinski definition) is 0. The number of esters is 1. The van der Waals surface area contributed by atoms with Crippen LogP contribution in [0.25, 0.3) is 0 Å². The largest absolute Gasteiger partial charge is 0.458 e. The van der Waals surface area contributed by atoms with Gasteiger partial charge in [0.15, 0.2) is 6.54 Å². The van der Waals surface area contributed by atoms with Crippen molar-refractivity contribution < 1.29 is 18.8 Å². The number of nitrogens with zero attached hydrogens (tertiary/aromatic N) is 1. The summed E-state index contributed by atoms with van der Waals surface area (Å²) in [6.07, 6.45) is 34.9. The number of hydrogen-bond acceptors (Lipinski definition) is 3. The molecule has 0 aromatic carbocycles. The Kier molecular flexibility index (Phi) is 14.3. The third-order valence-corrected chi connectivity index (χ3v) is 19.5. The minimum Gasteiger partial charge on any atom is -0.458 e. The van der Waals surface area contributed by atoms with Crippen LogP contribution in [0.1, 0.15) is 229 Å². The summed E-state index contributed by atoms with van der Waals surface area (Å²) in [6, 6.07) is 0. The molecule has 6 fully saturated rings. The molecule has 2 saturated heterocycles. The van der Waals surface area contributed by atoms with Gasteiger partial charge >= 0.3 is 5.97 Å². The summed E-state index contributed by atoms with van der Waals surface area (Å²) in [6.45, 7) is 25.6. The first-order valence-electron chi connectivity index (χ1n) is 25.2. The number of carbonyl (C=O) groups is 1. The molecule has 4 saturated carbocycles. The molecule has 6 aliphatic rings. The number of ether oxygens (including phenoxy) is 2. The second-order valence-electron chi connectivity index (χ2n) is 23.8. The molecular formula is C52H94NO3+. The van der Waals surface area contributed by atoms with Crippen molar-refractivity contribution >= 4 is 5.97 Å². The Labute approximate surface area is 348 Å². The van der Waals surface area contributed by atoms with E-state index < -0.39 is 0 Å². The fraction of sp³-hybridized carbons (Fsp3) is 0.981. The SMILES string of the molecule is CCCCCCCCCC[N+](C)(CCCCCCCCCC)CC(=O)O[C@H]1CC[C@@]2(C)C(CC[C@]3(C)C2CC[C@@H]2C4[C@H]5O[C@@]4(CCC5(C)C)CC[C@]23C)C1(C)C. The Hall–Kier alpha value is -0.610. The van der Waals surface area contributed by atoms with E-state index in [-0.39, 0.29) is 23.1 Å². The molecule has 4 aliphatic carbocycles. The fourth-order valence-electron chi connectivity index (χ4n) is 15.8. The molecule has 2 bridgehead atoms. The Morgan fingerprint density at radius 2 is 1.16 bits per heavy atom. The van der Waals surface area contributed by atoms with Gasteiger partial charge < -0.3 is 14.0 Å². The van der Waals surface area contributed by atoms with Crippen LogP contribution < -0.4 is 0 Å². The Bertz CT molecular complexity index is 1270. The predicted molar refractivity (Wildman–Crippen MR) is 236 cm³/mol. The minimum atomic E-state index is 0.000181. The highest BCUT2D eigenvalue weighted by molar-refractivity contribution is 5.71. The van der Waals surface area contributed by atoms with Crippen molar-refractivity contribution in [3.8, 4) is 0 Å². The third-order valence-electron chi connectivity index (χ3n) is 19.5. The maximum absolute atomic E-state index is 14.1. The molecule has 1 spiro atoms. The van der Waals surface area contributed by atoms with Gasteiger partial charge in [-0.15, -0.1) is 0 Å². The van der Waals surface area contributed by atoms with Crippen LogP contribution in [0, 0.1) is 50.7 Å². The number of unbranched alkanes of at least 4 members (excludes halogenated alkanes) is 14. The van der Waals surface area contributed by atoms with E-state index in [4.69, 9.17) is 9.47 Å². The van der Waals surface area contributed by atoms with Gasteiger partial charge in [0.25, 0.3) is 0 Å². The van der Waals surface area contributed by atoms with Crippen LogP contribution in [-0.2, 0) is 14.3 Å². The van der Waals surface area contributed by atoms with Crippen LogP contribution >= 0.6 is 0 Å². The van der Waals surface area contributed by atoms with Gasteiger partial charge in [-0.05, 0) is 129 Å². The lowest BCUT2D eigenvalue weighted by atomic mass is 9.31. The summed E-state index contributed by atoms with van der Waals surface area (Å²) in [5.41, 5.74) is 1.61. The molecule has 3 unspecified atom stereocenters. The Morgan fingerprint density at radius 1 is 0.607 bits per heavy atom.